The van der Waals surface area contributed by atoms with E-state index in [9.17, 15) is 9.18 Å². The van der Waals surface area contributed by atoms with Crippen LogP contribution in [0.25, 0.3) is 5.70 Å². The number of piperidine rings is 1. The fourth-order valence-electron chi connectivity index (χ4n) is 4.73. The first-order chi connectivity index (χ1) is 15.0. The van der Waals surface area contributed by atoms with E-state index >= 15 is 0 Å². The Bertz CT molecular complexity index is 1060. The van der Waals surface area contributed by atoms with E-state index in [4.69, 9.17) is 4.74 Å². The molecule has 0 radical (unpaired) electrons. The Hall–Kier alpha value is -2.93. The van der Waals surface area contributed by atoms with Crippen LogP contribution in [0, 0.1) is 11.7 Å². The van der Waals surface area contributed by atoms with Crippen molar-refractivity contribution in [3.8, 4) is 5.75 Å². The monoisotopic (exact) mass is 424 g/mol. The molecule has 2 aliphatic rings. The van der Waals surface area contributed by atoms with Gasteiger partial charge < -0.3 is 14.5 Å². The molecule has 1 aromatic heterocycles. The van der Waals surface area contributed by atoms with Gasteiger partial charge in [0, 0.05) is 30.9 Å². The maximum absolute atomic E-state index is 14.1. The Kier molecular flexibility index (Phi) is 6.23. The van der Waals surface area contributed by atoms with Crippen LogP contribution in [0.4, 0.5) is 10.1 Å². The van der Waals surface area contributed by atoms with Gasteiger partial charge in [-0.3, -0.25) is 9.36 Å². The van der Waals surface area contributed by atoms with Gasteiger partial charge in [-0.05, 0) is 69.6 Å². The number of carbonyl (C=O) groups excluding carboxylic acids is 1. The Morgan fingerprint density at radius 1 is 1.26 bits per heavy atom. The molecule has 6 nitrogen and oxygen atoms in total. The molecule has 7 heteroatoms. The maximum Gasteiger partial charge on any atom is 0.219 e. The lowest BCUT2D eigenvalue weighted by Crippen LogP contribution is -2.42. The minimum atomic E-state index is -0.450. The number of nitrogens with zero attached hydrogens (tertiary/aromatic N) is 4. The molecule has 2 aromatic rings. The molecule has 0 amide bonds. The molecule has 4 rings (SSSR count). The van der Waals surface area contributed by atoms with Gasteiger partial charge >= 0.3 is 0 Å². The lowest BCUT2D eigenvalue weighted by atomic mass is 9.93. The number of likely N-dealkylation sites (N-methyl/N-ethyl adjacent to an activating group) is 1. The van der Waals surface area contributed by atoms with Crippen LogP contribution in [0.5, 0.6) is 5.75 Å². The number of aromatic nitrogens is 1. The molecule has 164 valence electrons. The molecule has 31 heavy (non-hydrogen) atoms. The number of fused-ring (bicyclic) bond motifs is 1. The van der Waals surface area contributed by atoms with Crippen LogP contribution >= 0.6 is 0 Å². The number of benzene rings is 1. The Morgan fingerprint density at radius 3 is 2.77 bits per heavy atom. The van der Waals surface area contributed by atoms with E-state index < -0.39 is 5.82 Å². The van der Waals surface area contributed by atoms with Crippen LogP contribution in [-0.2, 0) is 4.79 Å². The van der Waals surface area contributed by atoms with Crippen molar-refractivity contribution in [2.24, 2.45) is 10.9 Å². The molecule has 2 unspecified atom stereocenters. The summed E-state index contributed by atoms with van der Waals surface area (Å²) >= 11 is 0. The van der Waals surface area contributed by atoms with Crippen molar-refractivity contribution < 1.29 is 13.9 Å². The third-order valence-corrected chi connectivity index (χ3v) is 6.43. The highest BCUT2D eigenvalue weighted by Crippen LogP contribution is 2.32. The normalized spacial score (nSPS) is 22.5. The summed E-state index contributed by atoms with van der Waals surface area (Å²) in [5.74, 6) is 0.407. The Balaban J connectivity index is 1.63. The molecule has 0 spiro atoms. The molecule has 0 bridgehead atoms. The lowest BCUT2D eigenvalue weighted by molar-refractivity contribution is 0.158. The number of hydrogen-bond donors (Lipinski definition) is 0. The molecule has 2 fully saturated rings. The number of ether oxygens (including phenoxy) is 1. The predicted molar refractivity (Wildman–Crippen MR) is 120 cm³/mol. The number of likely N-dealkylation sites (tertiary alicyclic amines) is 1. The largest absolute Gasteiger partial charge is 0.494 e. The number of anilines is 1. The second kappa shape index (κ2) is 9.06. The van der Waals surface area contributed by atoms with Gasteiger partial charge in [-0.1, -0.05) is 6.08 Å². The average Bonchev–Trinajstić information content (AvgIpc) is 3.23. The summed E-state index contributed by atoms with van der Waals surface area (Å²) in [5, 5.41) is 0. The summed E-state index contributed by atoms with van der Waals surface area (Å²) < 4.78 is 20.6. The lowest BCUT2D eigenvalue weighted by Gasteiger charge is -2.33. The highest BCUT2D eigenvalue weighted by atomic mass is 19.1. The van der Waals surface area contributed by atoms with Crippen LogP contribution < -0.4 is 15.1 Å². The van der Waals surface area contributed by atoms with E-state index in [0.29, 0.717) is 28.7 Å². The molecular weight excluding hydrogens is 395 g/mol. The summed E-state index contributed by atoms with van der Waals surface area (Å²) in [6.07, 6.45) is 6.90. The van der Waals surface area contributed by atoms with Crippen LogP contribution in [0.3, 0.4) is 0 Å². The maximum atomic E-state index is 14.1. The highest BCUT2D eigenvalue weighted by molar-refractivity contribution is 5.65. The third kappa shape index (κ3) is 4.28. The first-order valence-electron chi connectivity index (χ1n) is 10.7. The number of methoxy groups -OCH3 is 1. The molecule has 0 N–H and O–H groups in total. The van der Waals surface area contributed by atoms with Crippen molar-refractivity contribution in [3.05, 3.63) is 59.5 Å². The molecular formula is C24H29FN4O2. The van der Waals surface area contributed by atoms with Gasteiger partial charge in [-0.15, -0.1) is 0 Å². The fourth-order valence-corrected chi connectivity index (χ4v) is 4.73. The SMILES string of the molecule is C/C=C(\N=c1ccc(N2CC3CCCN(C)C3C2)cn1C=O)c1ccc(OC)c(F)c1. The van der Waals surface area contributed by atoms with Crippen molar-refractivity contribution in [1.29, 1.82) is 0 Å². The standard InChI is InChI=1S/C24H29FN4O2/c1-4-21(17-7-9-23(31-3)20(25)12-17)26-24-10-8-19(14-29(24)16-30)28-13-18-6-5-11-27(2)22(18)15-28/h4,7-10,12,14,16,18,22H,5-6,11,13,15H2,1-3H3/b21-4-,26-24?. The van der Waals surface area contributed by atoms with Crippen molar-refractivity contribution in [1.82, 2.24) is 9.47 Å². The van der Waals surface area contributed by atoms with Crippen molar-refractivity contribution in [2.75, 3.05) is 38.7 Å². The first kappa shape index (κ1) is 21.3. The third-order valence-electron chi connectivity index (χ3n) is 6.43. The van der Waals surface area contributed by atoms with E-state index in [0.717, 1.165) is 31.7 Å². The topological polar surface area (TPSA) is 50.1 Å². The average molecular weight is 425 g/mol. The predicted octanol–water partition coefficient (Wildman–Crippen LogP) is 3.17. The summed E-state index contributed by atoms with van der Waals surface area (Å²) in [6.45, 7) is 4.97. The zero-order chi connectivity index (χ0) is 22.0. The highest BCUT2D eigenvalue weighted by Gasteiger charge is 2.37. The molecule has 2 saturated heterocycles. The van der Waals surface area contributed by atoms with Gasteiger partial charge in [-0.25, -0.2) is 9.38 Å². The van der Waals surface area contributed by atoms with E-state index in [-0.39, 0.29) is 5.75 Å². The van der Waals surface area contributed by atoms with Gasteiger partial charge in [0.1, 0.15) is 5.49 Å². The van der Waals surface area contributed by atoms with Crippen LogP contribution in [-0.4, -0.2) is 55.7 Å². The summed E-state index contributed by atoms with van der Waals surface area (Å²) in [7, 11) is 3.63. The number of carbonyl (C=O) groups is 1. The number of pyridine rings is 1. The van der Waals surface area contributed by atoms with Gasteiger partial charge in [0.2, 0.25) is 6.41 Å². The van der Waals surface area contributed by atoms with Gasteiger partial charge in [-0.2, -0.15) is 0 Å². The van der Waals surface area contributed by atoms with Crippen LogP contribution in [0.1, 0.15) is 25.3 Å². The quantitative estimate of drug-likeness (QED) is 0.692. The summed E-state index contributed by atoms with van der Waals surface area (Å²) in [4.78, 5) is 21.3. The smallest absolute Gasteiger partial charge is 0.219 e. The van der Waals surface area contributed by atoms with Gasteiger partial charge in [0.05, 0.1) is 18.5 Å². The molecule has 0 aliphatic carbocycles. The fraction of sp³-hybridized carbons (Fsp3) is 0.417. The van der Waals surface area contributed by atoms with Crippen molar-refractivity contribution in [2.45, 2.75) is 25.8 Å². The number of halogens is 1. The summed E-state index contributed by atoms with van der Waals surface area (Å²) in [5.41, 5.74) is 2.72. The molecule has 0 saturated carbocycles. The minimum Gasteiger partial charge on any atom is -0.494 e. The van der Waals surface area contributed by atoms with Crippen LogP contribution in [0.2, 0.25) is 0 Å². The van der Waals surface area contributed by atoms with E-state index in [1.165, 1.54) is 30.6 Å². The van der Waals surface area contributed by atoms with Crippen molar-refractivity contribution in [3.63, 3.8) is 0 Å². The first-order valence-corrected chi connectivity index (χ1v) is 10.7. The second-order valence-corrected chi connectivity index (χ2v) is 8.25. The van der Waals surface area contributed by atoms with Gasteiger partial charge in [0.15, 0.2) is 11.6 Å². The van der Waals surface area contributed by atoms with E-state index in [1.54, 1.807) is 18.2 Å². The summed E-state index contributed by atoms with van der Waals surface area (Å²) in [6, 6.07) is 9.14. The zero-order valence-electron chi connectivity index (χ0n) is 18.3. The van der Waals surface area contributed by atoms with E-state index in [2.05, 4.69) is 21.8 Å². The van der Waals surface area contributed by atoms with Gasteiger partial charge in [0.25, 0.3) is 0 Å². The molecule has 2 aliphatic heterocycles. The Labute approximate surface area is 182 Å². The second-order valence-electron chi connectivity index (χ2n) is 8.25. The van der Waals surface area contributed by atoms with Crippen LogP contribution in [0.15, 0.2) is 47.6 Å². The Morgan fingerprint density at radius 2 is 2.10 bits per heavy atom. The molecule has 2 atom stereocenters. The molecule has 1 aromatic carbocycles. The zero-order valence-corrected chi connectivity index (χ0v) is 18.3. The number of rotatable bonds is 5. The van der Waals surface area contributed by atoms with E-state index in [1.807, 2.05) is 25.3 Å². The molecule has 3 heterocycles. The minimum absolute atomic E-state index is 0.184. The van der Waals surface area contributed by atoms with Crippen molar-refractivity contribution >= 4 is 17.8 Å². The number of hydrogen-bond acceptors (Lipinski definition) is 5. The number of allylic oxidation sites excluding steroid dienone is 1.